The van der Waals surface area contributed by atoms with Gasteiger partial charge < -0.3 is 14.5 Å². The van der Waals surface area contributed by atoms with Crippen molar-refractivity contribution in [3.05, 3.63) is 36.1 Å². The molecule has 1 aromatic heterocycles. The van der Waals surface area contributed by atoms with E-state index in [4.69, 9.17) is 9.15 Å². The lowest BCUT2D eigenvalue weighted by Gasteiger charge is -2.21. The van der Waals surface area contributed by atoms with Crippen molar-refractivity contribution in [2.45, 2.75) is 19.4 Å². The van der Waals surface area contributed by atoms with Gasteiger partial charge in [-0.2, -0.15) is 0 Å². The second-order valence-electron chi connectivity index (χ2n) is 4.94. The third-order valence-corrected chi connectivity index (χ3v) is 3.55. The number of nitrogens with one attached hydrogen (secondary N) is 1. The van der Waals surface area contributed by atoms with Crippen molar-refractivity contribution in [2.75, 3.05) is 19.8 Å². The lowest BCUT2D eigenvalue weighted by molar-refractivity contribution is 0.0661. The Labute approximate surface area is 107 Å². The molecule has 0 unspecified atom stereocenters. The van der Waals surface area contributed by atoms with Crippen molar-refractivity contribution in [2.24, 2.45) is 5.92 Å². The summed E-state index contributed by atoms with van der Waals surface area (Å²) < 4.78 is 11.1. The number of hydrogen-bond donors (Lipinski definition) is 1. The molecule has 0 radical (unpaired) electrons. The highest BCUT2D eigenvalue weighted by Crippen LogP contribution is 2.19. The Kier molecular flexibility index (Phi) is 3.62. The van der Waals surface area contributed by atoms with E-state index < -0.39 is 0 Å². The van der Waals surface area contributed by atoms with E-state index in [1.165, 1.54) is 18.2 Å². The van der Waals surface area contributed by atoms with E-state index in [1.54, 1.807) is 0 Å². The summed E-state index contributed by atoms with van der Waals surface area (Å²) in [5, 5.41) is 4.66. The molecule has 1 aromatic carbocycles. The van der Waals surface area contributed by atoms with Crippen molar-refractivity contribution in [3.63, 3.8) is 0 Å². The molecule has 3 rings (SSSR count). The molecular weight excluding hydrogens is 226 g/mol. The van der Waals surface area contributed by atoms with Gasteiger partial charge in [0.25, 0.3) is 0 Å². The fraction of sp³-hybridized carbons (Fsp3) is 0.467. The number of rotatable bonds is 4. The second-order valence-corrected chi connectivity index (χ2v) is 4.94. The van der Waals surface area contributed by atoms with Gasteiger partial charge in [-0.05, 0) is 37.4 Å². The first-order valence-electron chi connectivity index (χ1n) is 6.68. The van der Waals surface area contributed by atoms with Crippen molar-refractivity contribution in [1.82, 2.24) is 5.32 Å². The Morgan fingerprint density at radius 1 is 1.17 bits per heavy atom. The third-order valence-electron chi connectivity index (χ3n) is 3.55. The average Bonchev–Trinajstić information content (AvgIpc) is 2.82. The van der Waals surface area contributed by atoms with Crippen LogP contribution in [0.3, 0.4) is 0 Å². The van der Waals surface area contributed by atoms with Gasteiger partial charge >= 0.3 is 0 Å². The van der Waals surface area contributed by atoms with E-state index in [1.807, 2.05) is 18.2 Å². The molecule has 96 valence electrons. The summed E-state index contributed by atoms with van der Waals surface area (Å²) in [4.78, 5) is 0. The normalized spacial score (nSPS) is 17.3. The zero-order valence-corrected chi connectivity index (χ0v) is 10.5. The SMILES string of the molecule is c1ccc2oc(CNCC3CCOCC3)cc2c1. The maximum Gasteiger partial charge on any atom is 0.134 e. The van der Waals surface area contributed by atoms with Gasteiger partial charge in [0.05, 0.1) is 6.54 Å². The van der Waals surface area contributed by atoms with Gasteiger partial charge in [-0.15, -0.1) is 0 Å². The summed E-state index contributed by atoms with van der Waals surface area (Å²) in [6.45, 7) is 3.69. The zero-order valence-electron chi connectivity index (χ0n) is 10.5. The molecule has 1 aliphatic rings. The highest BCUT2D eigenvalue weighted by atomic mass is 16.5. The van der Waals surface area contributed by atoms with Crippen molar-refractivity contribution in [1.29, 1.82) is 0 Å². The summed E-state index contributed by atoms with van der Waals surface area (Å²) in [6, 6.07) is 10.3. The minimum atomic E-state index is 0.753. The summed E-state index contributed by atoms with van der Waals surface area (Å²) in [6.07, 6.45) is 2.35. The van der Waals surface area contributed by atoms with Gasteiger partial charge in [-0.25, -0.2) is 0 Å². The maximum atomic E-state index is 5.77. The second kappa shape index (κ2) is 5.55. The van der Waals surface area contributed by atoms with Crippen molar-refractivity contribution >= 4 is 11.0 Å². The Bertz CT molecular complexity index is 467. The first-order valence-corrected chi connectivity index (χ1v) is 6.68. The fourth-order valence-electron chi connectivity index (χ4n) is 2.47. The molecule has 0 spiro atoms. The highest BCUT2D eigenvalue weighted by Gasteiger charge is 2.13. The number of ether oxygens (including phenoxy) is 1. The number of furan rings is 1. The molecular formula is C15H19NO2. The lowest BCUT2D eigenvalue weighted by atomic mass is 10.0. The first kappa shape index (κ1) is 11.8. The zero-order chi connectivity index (χ0) is 12.2. The molecule has 1 fully saturated rings. The lowest BCUT2D eigenvalue weighted by Crippen LogP contribution is -2.27. The molecule has 2 aromatic rings. The third kappa shape index (κ3) is 2.74. The van der Waals surface area contributed by atoms with Crippen LogP contribution in [0.2, 0.25) is 0 Å². The minimum Gasteiger partial charge on any atom is -0.460 e. The Balaban J connectivity index is 1.53. The molecule has 1 saturated heterocycles. The van der Waals surface area contributed by atoms with Gasteiger partial charge in [0.2, 0.25) is 0 Å². The molecule has 18 heavy (non-hydrogen) atoms. The molecule has 3 nitrogen and oxygen atoms in total. The smallest absolute Gasteiger partial charge is 0.134 e. The van der Waals surface area contributed by atoms with Crippen molar-refractivity contribution in [3.8, 4) is 0 Å². The van der Waals surface area contributed by atoms with Crippen LogP contribution in [0, 0.1) is 5.92 Å². The van der Waals surface area contributed by atoms with Gasteiger partial charge in [0.1, 0.15) is 11.3 Å². The van der Waals surface area contributed by atoms with Crippen LogP contribution in [-0.2, 0) is 11.3 Å². The standard InChI is InChI=1S/C15H19NO2/c1-2-4-15-13(3-1)9-14(18-15)11-16-10-12-5-7-17-8-6-12/h1-4,9,12,16H,5-8,10-11H2. The van der Waals surface area contributed by atoms with Crippen LogP contribution in [0.4, 0.5) is 0 Å². The van der Waals surface area contributed by atoms with Gasteiger partial charge in [-0.1, -0.05) is 18.2 Å². The summed E-state index contributed by atoms with van der Waals surface area (Å²) in [5.41, 5.74) is 0.973. The summed E-state index contributed by atoms with van der Waals surface area (Å²) in [7, 11) is 0. The quantitative estimate of drug-likeness (QED) is 0.899. The van der Waals surface area contributed by atoms with Crippen molar-refractivity contribution < 1.29 is 9.15 Å². The Morgan fingerprint density at radius 2 is 2.00 bits per heavy atom. The predicted molar refractivity (Wildman–Crippen MR) is 71.5 cm³/mol. The van der Waals surface area contributed by atoms with Crippen LogP contribution in [0.25, 0.3) is 11.0 Å². The van der Waals surface area contributed by atoms with E-state index >= 15 is 0 Å². The van der Waals surface area contributed by atoms with E-state index in [-0.39, 0.29) is 0 Å². The number of fused-ring (bicyclic) bond motifs is 1. The van der Waals surface area contributed by atoms with Crippen LogP contribution in [-0.4, -0.2) is 19.8 Å². The predicted octanol–water partition coefficient (Wildman–Crippen LogP) is 2.95. The molecule has 1 N–H and O–H groups in total. The molecule has 0 saturated carbocycles. The average molecular weight is 245 g/mol. The Morgan fingerprint density at radius 3 is 2.83 bits per heavy atom. The van der Waals surface area contributed by atoms with Crippen LogP contribution in [0.15, 0.2) is 34.7 Å². The number of benzene rings is 1. The minimum absolute atomic E-state index is 0.753. The van der Waals surface area contributed by atoms with Gasteiger partial charge in [0.15, 0.2) is 0 Å². The van der Waals surface area contributed by atoms with E-state index in [0.29, 0.717) is 0 Å². The monoisotopic (exact) mass is 245 g/mol. The molecule has 0 atom stereocenters. The van der Waals surface area contributed by atoms with E-state index in [0.717, 1.165) is 43.6 Å². The van der Waals surface area contributed by atoms with E-state index in [9.17, 15) is 0 Å². The van der Waals surface area contributed by atoms with Crippen LogP contribution < -0.4 is 5.32 Å². The molecule has 2 heterocycles. The highest BCUT2D eigenvalue weighted by molar-refractivity contribution is 5.77. The van der Waals surface area contributed by atoms with Crippen LogP contribution in [0.1, 0.15) is 18.6 Å². The van der Waals surface area contributed by atoms with Crippen LogP contribution in [0.5, 0.6) is 0 Å². The molecule has 3 heteroatoms. The Hall–Kier alpha value is -1.32. The topological polar surface area (TPSA) is 34.4 Å². The van der Waals surface area contributed by atoms with Gasteiger partial charge in [-0.3, -0.25) is 0 Å². The molecule has 1 aliphatic heterocycles. The summed E-state index contributed by atoms with van der Waals surface area (Å²) in [5.74, 6) is 1.77. The van der Waals surface area contributed by atoms with Crippen LogP contribution >= 0.6 is 0 Å². The maximum absolute atomic E-state index is 5.77. The fourth-order valence-corrected chi connectivity index (χ4v) is 2.47. The van der Waals surface area contributed by atoms with E-state index in [2.05, 4.69) is 17.4 Å². The summed E-state index contributed by atoms with van der Waals surface area (Å²) >= 11 is 0. The molecule has 0 aliphatic carbocycles. The van der Waals surface area contributed by atoms with Gasteiger partial charge in [0, 0.05) is 18.6 Å². The molecule has 0 bridgehead atoms. The largest absolute Gasteiger partial charge is 0.460 e. The number of hydrogen-bond acceptors (Lipinski definition) is 3. The number of para-hydroxylation sites is 1. The first-order chi connectivity index (χ1) is 8.92. The molecule has 0 amide bonds.